The van der Waals surface area contributed by atoms with Crippen molar-refractivity contribution < 1.29 is 0 Å². The first-order valence-corrected chi connectivity index (χ1v) is 7.49. The van der Waals surface area contributed by atoms with Crippen molar-refractivity contribution in [2.75, 3.05) is 0 Å². The van der Waals surface area contributed by atoms with Crippen LogP contribution in [0.5, 0.6) is 0 Å². The number of nitrogens with zero attached hydrogens (tertiary/aromatic N) is 4. The van der Waals surface area contributed by atoms with Crippen molar-refractivity contribution in [1.29, 1.82) is 0 Å². The Morgan fingerprint density at radius 3 is 1.68 bits per heavy atom. The minimum Gasteiger partial charge on any atom is -0.251 e. The molecule has 2 aliphatic carbocycles. The molecule has 0 atom stereocenters. The van der Waals surface area contributed by atoms with Crippen LogP contribution in [-0.4, -0.2) is 19.6 Å². The highest BCUT2D eigenvalue weighted by atomic mass is 15.4. The number of hydrogen-bond donors (Lipinski definition) is 0. The van der Waals surface area contributed by atoms with Crippen molar-refractivity contribution in [2.45, 2.75) is 58.0 Å². The van der Waals surface area contributed by atoms with Gasteiger partial charge in [0.1, 0.15) is 6.67 Å². The van der Waals surface area contributed by atoms with E-state index in [2.05, 4.69) is 21.8 Å². The summed E-state index contributed by atoms with van der Waals surface area (Å²) in [6.45, 7) is 0.764. The zero-order chi connectivity index (χ0) is 12.7. The first kappa shape index (κ1) is 11.3. The standard InChI is InChI=1S/C15H20N4/c1-3-7-14-12(5-1)9-18(16-14)11-19-10-13-6-2-4-8-15(13)17-19/h9-10H,1-8,11H2. The molecule has 0 N–H and O–H groups in total. The second-order valence-electron chi connectivity index (χ2n) is 5.84. The van der Waals surface area contributed by atoms with Crippen molar-refractivity contribution in [3.8, 4) is 0 Å². The monoisotopic (exact) mass is 256 g/mol. The third-order valence-electron chi connectivity index (χ3n) is 4.36. The molecule has 0 fully saturated rings. The minimum atomic E-state index is 0.764. The maximum absolute atomic E-state index is 4.71. The topological polar surface area (TPSA) is 35.6 Å². The van der Waals surface area contributed by atoms with Crippen LogP contribution in [0.4, 0.5) is 0 Å². The summed E-state index contributed by atoms with van der Waals surface area (Å²) in [5.41, 5.74) is 5.51. The molecule has 2 aliphatic rings. The highest BCUT2D eigenvalue weighted by Crippen LogP contribution is 2.21. The molecule has 0 amide bonds. The van der Waals surface area contributed by atoms with Crippen molar-refractivity contribution in [3.63, 3.8) is 0 Å². The van der Waals surface area contributed by atoms with E-state index in [1.807, 2.05) is 0 Å². The van der Waals surface area contributed by atoms with Gasteiger partial charge in [0.15, 0.2) is 0 Å². The highest BCUT2D eigenvalue weighted by Gasteiger charge is 2.15. The van der Waals surface area contributed by atoms with Gasteiger partial charge < -0.3 is 0 Å². The van der Waals surface area contributed by atoms with Gasteiger partial charge in [-0.05, 0) is 62.5 Å². The third kappa shape index (κ3) is 2.09. The molecular formula is C15H20N4. The van der Waals surface area contributed by atoms with E-state index in [0.717, 1.165) is 19.5 Å². The lowest BCUT2D eigenvalue weighted by molar-refractivity contribution is 0.494. The molecule has 4 heteroatoms. The Morgan fingerprint density at radius 1 is 0.737 bits per heavy atom. The van der Waals surface area contributed by atoms with Crippen LogP contribution in [-0.2, 0) is 32.4 Å². The molecule has 0 saturated carbocycles. The molecule has 2 heterocycles. The van der Waals surface area contributed by atoms with Crippen LogP contribution in [0, 0.1) is 0 Å². The summed E-state index contributed by atoms with van der Waals surface area (Å²) in [7, 11) is 0. The Bertz CT molecular complexity index is 494. The Balaban J connectivity index is 1.57. The lowest BCUT2D eigenvalue weighted by Crippen LogP contribution is -2.09. The summed E-state index contributed by atoms with van der Waals surface area (Å²) in [4.78, 5) is 0. The zero-order valence-corrected chi connectivity index (χ0v) is 11.3. The predicted octanol–water partition coefficient (Wildman–Crippen LogP) is 2.34. The molecule has 0 aromatic carbocycles. The second kappa shape index (κ2) is 4.51. The first-order chi connectivity index (χ1) is 9.38. The second-order valence-corrected chi connectivity index (χ2v) is 5.84. The van der Waals surface area contributed by atoms with Crippen molar-refractivity contribution in [3.05, 3.63) is 34.9 Å². The third-order valence-corrected chi connectivity index (χ3v) is 4.36. The average molecular weight is 256 g/mol. The smallest absolute Gasteiger partial charge is 0.133 e. The van der Waals surface area contributed by atoms with E-state index in [0.29, 0.717) is 0 Å². The Hall–Kier alpha value is -1.58. The van der Waals surface area contributed by atoms with Gasteiger partial charge in [-0.3, -0.25) is 9.36 Å². The summed E-state index contributed by atoms with van der Waals surface area (Å²) in [6.07, 6.45) is 14.3. The Morgan fingerprint density at radius 2 is 1.21 bits per heavy atom. The molecule has 0 bridgehead atoms. The van der Waals surface area contributed by atoms with Gasteiger partial charge in [0.2, 0.25) is 0 Å². The summed E-state index contributed by atoms with van der Waals surface area (Å²) in [6, 6.07) is 0. The number of fused-ring (bicyclic) bond motifs is 2. The molecule has 4 rings (SSSR count). The van der Waals surface area contributed by atoms with E-state index >= 15 is 0 Å². The molecular weight excluding hydrogens is 236 g/mol. The van der Waals surface area contributed by atoms with Crippen LogP contribution < -0.4 is 0 Å². The van der Waals surface area contributed by atoms with Gasteiger partial charge in [-0.15, -0.1) is 0 Å². The van der Waals surface area contributed by atoms with Crippen LogP contribution in [0.25, 0.3) is 0 Å². The average Bonchev–Trinajstić information content (AvgIpc) is 3.00. The SMILES string of the molecule is c1c2c(nn1Cn1cc3c(n1)CCCC3)CCCC2. The van der Waals surface area contributed by atoms with Crippen LogP contribution in [0.1, 0.15) is 48.2 Å². The quantitative estimate of drug-likeness (QED) is 0.827. The van der Waals surface area contributed by atoms with E-state index in [1.54, 1.807) is 0 Å². The van der Waals surface area contributed by atoms with Crippen molar-refractivity contribution in [2.24, 2.45) is 0 Å². The van der Waals surface area contributed by atoms with E-state index in [-0.39, 0.29) is 0 Å². The first-order valence-electron chi connectivity index (χ1n) is 7.49. The van der Waals surface area contributed by atoms with Gasteiger partial charge in [-0.1, -0.05) is 0 Å². The summed E-state index contributed by atoms with van der Waals surface area (Å²) >= 11 is 0. The van der Waals surface area contributed by atoms with Crippen molar-refractivity contribution in [1.82, 2.24) is 19.6 Å². The molecule has 0 aliphatic heterocycles. The van der Waals surface area contributed by atoms with Crippen LogP contribution in [0.3, 0.4) is 0 Å². The number of aryl methyl sites for hydroxylation is 4. The minimum absolute atomic E-state index is 0.764. The summed E-state index contributed by atoms with van der Waals surface area (Å²) in [5.74, 6) is 0. The van der Waals surface area contributed by atoms with Gasteiger partial charge in [-0.25, -0.2) is 0 Å². The number of hydrogen-bond acceptors (Lipinski definition) is 2. The maximum Gasteiger partial charge on any atom is 0.133 e. The fourth-order valence-electron chi connectivity index (χ4n) is 3.35. The van der Waals surface area contributed by atoms with E-state index in [4.69, 9.17) is 10.2 Å². The van der Waals surface area contributed by atoms with Gasteiger partial charge in [0, 0.05) is 12.4 Å². The summed E-state index contributed by atoms with van der Waals surface area (Å²) in [5, 5.41) is 9.42. The largest absolute Gasteiger partial charge is 0.251 e. The van der Waals surface area contributed by atoms with Gasteiger partial charge in [0.05, 0.1) is 11.4 Å². The molecule has 19 heavy (non-hydrogen) atoms. The number of aromatic nitrogens is 4. The van der Waals surface area contributed by atoms with E-state index in [1.165, 1.54) is 61.0 Å². The van der Waals surface area contributed by atoms with Gasteiger partial charge in [0.25, 0.3) is 0 Å². The maximum atomic E-state index is 4.71. The highest BCUT2D eigenvalue weighted by molar-refractivity contribution is 5.21. The zero-order valence-electron chi connectivity index (χ0n) is 11.3. The van der Waals surface area contributed by atoms with E-state index < -0.39 is 0 Å². The summed E-state index contributed by atoms with van der Waals surface area (Å²) < 4.78 is 4.13. The fourth-order valence-corrected chi connectivity index (χ4v) is 3.35. The van der Waals surface area contributed by atoms with Crippen LogP contribution in [0.2, 0.25) is 0 Å². The molecule has 4 nitrogen and oxygen atoms in total. The molecule has 0 unspecified atom stereocenters. The molecule has 100 valence electrons. The lowest BCUT2D eigenvalue weighted by Gasteiger charge is -2.06. The van der Waals surface area contributed by atoms with Gasteiger partial charge >= 0.3 is 0 Å². The molecule has 0 radical (unpaired) electrons. The van der Waals surface area contributed by atoms with Crippen LogP contribution >= 0.6 is 0 Å². The van der Waals surface area contributed by atoms with Crippen molar-refractivity contribution >= 4 is 0 Å². The van der Waals surface area contributed by atoms with Crippen LogP contribution in [0.15, 0.2) is 12.4 Å². The van der Waals surface area contributed by atoms with E-state index in [9.17, 15) is 0 Å². The predicted molar refractivity (Wildman–Crippen MR) is 73.1 cm³/mol. The van der Waals surface area contributed by atoms with Gasteiger partial charge in [-0.2, -0.15) is 10.2 Å². The normalized spacial score (nSPS) is 18.1. The molecule has 0 saturated heterocycles. The number of rotatable bonds is 2. The Labute approximate surface area is 113 Å². The Kier molecular flexibility index (Phi) is 2.67. The lowest BCUT2D eigenvalue weighted by atomic mass is 9.99. The molecule has 0 spiro atoms. The molecule has 2 aromatic rings. The molecule has 2 aromatic heterocycles. The fraction of sp³-hybridized carbons (Fsp3) is 0.600.